The minimum atomic E-state index is -3.84. The first-order valence-corrected chi connectivity index (χ1v) is 12.2. The molecule has 0 heterocycles. The Kier molecular flexibility index (Phi) is 8.63. The van der Waals surface area contributed by atoms with Crippen molar-refractivity contribution in [1.29, 1.82) is 0 Å². The number of carbonyl (C=O) groups is 2. The largest absolute Gasteiger partial charge is 0.352 e. The quantitative estimate of drug-likeness (QED) is 0.593. The number of anilines is 1. The van der Waals surface area contributed by atoms with E-state index < -0.39 is 40.2 Å². The molecule has 1 atom stereocenters. The van der Waals surface area contributed by atoms with Gasteiger partial charge in [-0.3, -0.25) is 13.9 Å². The minimum Gasteiger partial charge on any atom is -0.352 e. The van der Waals surface area contributed by atoms with Crippen molar-refractivity contribution in [2.45, 2.75) is 39.4 Å². The minimum absolute atomic E-state index is 0.169. The number of nitrogens with zero attached hydrogens (tertiary/aromatic N) is 2. The van der Waals surface area contributed by atoms with Crippen molar-refractivity contribution < 1.29 is 22.4 Å². The maximum Gasteiger partial charge on any atom is 0.244 e. The van der Waals surface area contributed by atoms with Gasteiger partial charge < -0.3 is 10.2 Å². The molecule has 0 spiro atoms. The molecule has 2 amide bonds. The summed E-state index contributed by atoms with van der Waals surface area (Å²) in [4.78, 5) is 27.1. The van der Waals surface area contributed by atoms with Crippen LogP contribution in [0.25, 0.3) is 0 Å². The lowest BCUT2D eigenvalue weighted by Gasteiger charge is -2.32. The lowest BCUT2D eigenvalue weighted by Crippen LogP contribution is -2.52. The number of sulfonamides is 1. The Morgan fingerprint density at radius 3 is 2.19 bits per heavy atom. The van der Waals surface area contributed by atoms with E-state index in [1.54, 1.807) is 19.9 Å². The molecular formula is C22H27ClFN3O4S. The predicted molar refractivity (Wildman–Crippen MR) is 123 cm³/mol. The normalized spacial score (nSPS) is 12.3. The van der Waals surface area contributed by atoms with Crippen molar-refractivity contribution in [3.8, 4) is 0 Å². The van der Waals surface area contributed by atoms with Crippen LogP contribution in [0.1, 0.15) is 26.3 Å². The van der Waals surface area contributed by atoms with Gasteiger partial charge in [0.1, 0.15) is 18.4 Å². The third kappa shape index (κ3) is 6.93. The molecule has 2 aromatic rings. The second kappa shape index (κ2) is 10.8. The summed E-state index contributed by atoms with van der Waals surface area (Å²) in [6.07, 6.45) is 0.977. The van der Waals surface area contributed by atoms with Gasteiger partial charge in [-0.15, -0.1) is 0 Å². The van der Waals surface area contributed by atoms with Gasteiger partial charge in [-0.05, 0) is 51.1 Å². The zero-order chi connectivity index (χ0) is 24.1. The molecule has 10 heteroatoms. The summed E-state index contributed by atoms with van der Waals surface area (Å²) in [5.41, 5.74) is 0.456. The average Bonchev–Trinajstić information content (AvgIpc) is 2.70. The Morgan fingerprint density at radius 1 is 1.06 bits per heavy atom. The van der Waals surface area contributed by atoms with Gasteiger partial charge in [-0.1, -0.05) is 29.8 Å². The Labute approximate surface area is 193 Å². The summed E-state index contributed by atoms with van der Waals surface area (Å²) >= 11 is 5.89. The second-order valence-corrected chi connectivity index (χ2v) is 10.0. The lowest BCUT2D eigenvalue weighted by molar-refractivity contribution is -0.139. The molecule has 1 N–H and O–H groups in total. The van der Waals surface area contributed by atoms with Crippen molar-refractivity contribution in [2.75, 3.05) is 17.1 Å². The van der Waals surface area contributed by atoms with Crippen LogP contribution in [0, 0.1) is 5.82 Å². The van der Waals surface area contributed by atoms with E-state index >= 15 is 0 Å². The van der Waals surface area contributed by atoms with Crippen LogP contribution in [0.15, 0.2) is 48.5 Å². The highest BCUT2D eigenvalue weighted by Crippen LogP contribution is 2.21. The van der Waals surface area contributed by atoms with E-state index in [-0.39, 0.29) is 23.8 Å². The molecule has 0 bridgehead atoms. The van der Waals surface area contributed by atoms with E-state index in [0.717, 1.165) is 10.6 Å². The number of hydrogen-bond acceptors (Lipinski definition) is 4. The molecule has 2 aromatic carbocycles. The first-order chi connectivity index (χ1) is 14.9. The van der Waals surface area contributed by atoms with Gasteiger partial charge in [-0.2, -0.15) is 0 Å². The predicted octanol–water partition coefficient (Wildman–Crippen LogP) is 3.19. The van der Waals surface area contributed by atoms with Crippen molar-refractivity contribution in [3.63, 3.8) is 0 Å². The first-order valence-electron chi connectivity index (χ1n) is 9.96. The molecule has 1 unspecified atom stereocenters. The molecule has 0 aliphatic rings. The molecule has 0 aromatic heterocycles. The Morgan fingerprint density at radius 2 is 1.66 bits per heavy atom. The average molecular weight is 484 g/mol. The van der Waals surface area contributed by atoms with E-state index in [9.17, 15) is 22.4 Å². The number of rotatable bonds is 9. The van der Waals surface area contributed by atoms with Crippen molar-refractivity contribution >= 4 is 39.1 Å². The maximum absolute atomic E-state index is 14.3. The molecule has 7 nitrogen and oxygen atoms in total. The van der Waals surface area contributed by atoms with Gasteiger partial charge >= 0.3 is 0 Å². The van der Waals surface area contributed by atoms with E-state index in [1.807, 2.05) is 0 Å². The van der Waals surface area contributed by atoms with E-state index in [1.165, 1.54) is 54.3 Å². The van der Waals surface area contributed by atoms with E-state index in [0.29, 0.717) is 5.02 Å². The molecule has 174 valence electrons. The summed E-state index contributed by atoms with van der Waals surface area (Å²) < 4.78 is 40.0. The topological polar surface area (TPSA) is 86.8 Å². The van der Waals surface area contributed by atoms with Crippen LogP contribution in [0.2, 0.25) is 5.02 Å². The number of halogens is 2. The second-order valence-electron chi connectivity index (χ2n) is 7.70. The summed E-state index contributed by atoms with van der Waals surface area (Å²) in [6.45, 7) is 4.31. The summed E-state index contributed by atoms with van der Waals surface area (Å²) in [5, 5.41) is 3.14. The zero-order valence-electron chi connectivity index (χ0n) is 18.4. The fourth-order valence-electron chi connectivity index (χ4n) is 3.02. The SMILES string of the molecule is CC(C)NC(=O)C(C)N(Cc1ccccc1F)C(=O)CN(c1ccc(Cl)cc1)S(C)(=O)=O. The third-order valence-corrected chi connectivity index (χ3v) is 6.08. The molecule has 0 aliphatic heterocycles. The standard InChI is InChI=1S/C22H27ClFN3O4S/c1-15(2)25-22(29)16(3)26(13-17-7-5-6-8-20(17)24)21(28)14-27(32(4,30)31)19-11-9-18(23)10-12-19/h5-12,15-16H,13-14H2,1-4H3,(H,25,29). The number of amides is 2. The van der Waals surface area contributed by atoms with Crippen LogP contribution in [0.4, 0.5) is 10.1 Å². The first kappa shape index (κ1) is 25.6. The number of hydrogen-bond donors (Lipinski definition) is 1. The zero-order valence-corrected chi connectivity index (χ0v) is 20.0. The van der Waals surface area contributed by atoms with Crippen LogP contribution in [0.3, 0.4) is 0 Å². The fourth-order valence-corrected chi connectivity index (χ4v) is 3.99. The van der Waals surface area contributed by atoms with Gasteiger partial charge in [0.15, 0.2) is 0 Å². The van der Waals surface area contributed by atoms with E-state index in [2.05, 4.69) is 5.32 Å². The Hall–Kier alpha value is -2.65. The monoisotopic (exact) mass is 483 g/mol. The molecule has 0 radical (unpaired) electrons. The Bertz CT molecular complexity index is 1060. The van der Waals surface area contributed by atoms with Crippen molar-refractivity contribution in [3.05, 3.63) is 64.9 Å². The smallest absolute Gasteiger partial charge is 0.244 e. The number of nitrogens with one attached hydrogen (secondary N) is 1. The number of carbonyl (C=O) groups excluding carboxylic acids is 2. The van der Waals surface area contributed by atoms with Gasteiger partial charge in [0.05, 0.1) is 11.9 Å². The van der Waals surface area contributed by atoms with Crippen LogP contribution in [-0.2, 0) is 26.2 Å². The van der Waals surface area contributed by atoms with Crippen molar-refractivity contribution in [1.82, 2.24) is 10.2 Å². The highest BCUT2D eigenvalue weighted by atomic mass is 35.5. The van der Waals surface area contributed by atoms with Crippen LogP contribution in [0.5, 0.6) is 0 Å². The lowest BCUT2D eigenvalue weighted by atomic mass is 10.1. The third-order valence-electron chi connectivity index (χ3n) is 4.69. The van der Waals surface area contributed by atoms with Gasteiger partial charge in [0.25, 0.3) is 0 Å². The van der Waals surface area contributed by atoms with Gasteiger partial charge in [0.2, 0.25) is 21.8 Å². The molecule has 0 aliphatic carbocycles. The summed E-state index contributed by atoms with van der Waals surface area (Å²) in [7, 11) is -3.84. The van der Waals surface area contributed by atoms with E-state index in [4.69, 9.17) is 11.6 Å². The molecule has 0 saturated carbocycles. The van der Waals surface area contributed by atoms with Crippen LogP contribution in [-0.4, -0.2) is 50.0 Å². The fraction of sp³-hybridized carbons (Fsp3) is 0.364. The summed E-state index contributed by atoms with van der Waals surface area (Å²) in [6, 6.07) is 10.8. The molecular weight excluding hydrogens is 457 g/mol. The highest BCUT2D eigenvalue weighted by Gasteiger charge is 2.30. The molecule has 0 fully saturated rings. The van der Waals surface area contributed by atoms with Gasteiger partial charge in [0, 0.05) is 23.2 Å². The van der Waals surface area contributed by atoms with Crippen LogP contribution >= 0.6 is 11.6 Å². The number of benzene rings is 2. The Balaban J connectivity index is 2.39. The highest BCUT2D eigenvalue weighted by molar-refractivity contribution is 7.92. The summed E-state index contributed by atoms with van der Waals surface area (Å²) in [5.74, 6) is -1.61. The molecule has 0 saturated heterocycles. The molecule has 2 rings (SSSR count). The van der Waals surface area contributed by atoms with Gasteiger partial charge in [-0.25, -0.2) is 12.8 Å². The van der Waals surface area contributed by atoms with Crippen LogP contribution < -0.4 is 9.62 Å². The van der Waals surface area contributed by atoms with Crippen molar-refractivity contribution in [2.24, 2.45) is 0 Å². The maximum atomic E-state index is 14.3. The molecule has 32 heavy (non-hydrogen) atoms.